The number of benzene rings is 1. The monoisotopic (exact) mass is 279 g/mol. The second-order valence-corrected chi connectivity index (χ2v) is 5.70. The molecule has 2 rings (SSSR count). The van der Waals surface area contributed by atoms with Gasteiger partial charge in [-0.2, -0.15) is 0 Å². The topological polar surface area (TPSA) is 38.3 Å². The number of halogens is 1. The van der Waals surface area contributed by atoms with E-state index in [4.69, 9.17) is 4.74 Å². The van der Waals surface area contributed by atoms with Crippen LogP contribution in [0.4, 0.5) is 10.1 Å². The molecule has 0 amide bonds. The second kappa shape index (κ2) is 6.25. The zero-order chi connectivity index (χ0) is 14.7. The Kier molecular flexibility index (Phi) is 4.63. The maximum absolute atomic E-state index is 13.5. The zero-order valence-corrected chi connectivity index (χ0v) is 12.3. The molecule has 0 radical (unpaired) electrons. The average molecular weight is 279 g/mol. The SMILES string of the molecule is COC(=O)c1ccc(F)cc1NC1CCCC(C)C1C. The fraction of sp³-hybridized carbons (Fsp3) is 0.562. The van der Waals surface area contributed by atoms with Gasteiger partial charge in [-0.25, -0.2) is 9.18 Å². The number of hydrogen-bond donors (Lipinski definition) is 1. The highest BCUT2D eigenvalue weighted by molar-refractivity contribution is 5.95. The number of nitrogens with one attached hydrogen (secondary N) is 1. The van der Waals surface area contributed by atoms with Crippen LogP contribution in [0.25, 0.3) is 0 Å². The molecule has 1 aliphatic rings. The summed E-state index contributed by atoms with van der Waals surface area (Å²) < 4.78 is 18.2. The van der Waals surface area contributed by atoms with E-state index in [0.717, 1.165) is 12.8 Å². The van der Waals surface area contributed by atoms with Crippen molar-refractivity contribution in [1.29, 1.82) is 0 Å². The summed E-state index contributed by atoms with van der Waals surface area (Å²) in [6.07, 6.45) is 3.43. The lowest BCUT2D eigenvalue weighted by molar-refractivity contribution is 0.0601. The van der Waals surface area contributed by atoms with Gasteiger partial charge in [-0.1, -0.05) is 26.7 Å². The van der Waals surface area contributed by atoms with E-state index in [1.54, 1.807) is 0 Å². The lowest BCUT2D eigenvalue weighted by Gasteiger charge is -2.35. The molecule has 0 bridgehead atoms. The molecule has 1 N–H and O–H groups in total. The molecular formula is C16H22FNO2. The largest absolute Gasteiger partial charge is 0.465 e. The van der Waals surface area contributed by atoms with Crippen LogP contribution in [-0.2, 0) is 4.74 Å². The summed E-state index contributed by atoms with van der Waals surface area (Å²) in [5.41, 5.74) is 0.919. The molecule has 3 nitrogen and oxygen atoms in total. The van der Waals surface area contributed by atoms with Gasteiger partial charge in [0, 0.05) is 6.04 Å². The summed E-state index contributed by atoms with van der Waals surface area (Å²) in [4.78, 5) is 11.7. The predicted molar refractivity (Wildman–Crippen MR) is 77.3 cm³/mol. The van der Waals surface area contributed by atoms with Crippen LogP contribution in [0, 0.1) is 17.7 Å². The molecule has 1 fully saturated rings. The van der Waals surface area contributed by atoms with E-state index in [1.807, 2.05) is 0 Å². The Labute approximate surface area is 119 Å². The minimum Gasteiger partial charge on any atom is -0.465 e. The van der Waals surface area contributed by atoms with Crippen LogP contribution in [0.3, 0.4) is 0 Å². The fourth-order valence-electron chi connectivity index (χ4n) is 2.91. The predicted octanol–water partition coefficient (Wildman–Crippen LogP) is 3.85. The number of carbonyl (C=O) groups excluding carboxylic acids is 1. The number of rotatable bonds is 3. The molecule has 0 spiro atoms. The summed E-state index contributed by atoms with van der Waals surface area (Å²) in [6.45, 7) is 4.45. The summed E-state index contributed by atoms with van der Waals surface area (Å²) in [5.74, 6) is 0.342. The van der Waals surface area contributed by atoms with Gasteiger partial charge in [-0.05, 0) is 36.5 Å². The molecule has 1 aromatic rings. The number of anilines is 1. The highest BCUT2D eigenvalue weighted by atomic mass is 19.1. The van der Waals surface area contributed by atoms with E-state index in [-0.39, 0.29) is 11.9 Å². The fourth-order valence-corrected chi connectivity index (χ4v) is 2.91. The van der Waals surface area contributed by atoms with Crippen LogP contribution in [0.2, 0.25) is 0 Å². The van der Waals surface area contributed by atoms with E-state index in [9.17, 15) is 9.18 Å². The van der Waals surface area contributed by atoms with E-state index < -0.39 is 5.97 Å². The van der Waals surface area contributed by atoms with Gasteiger partial charge in [0.2, 0.25) is 0 Å². The third-order valence-corrected chi connectivity index (χ3v) is 4.43. The molecule has 1 aliphatic carbocycles. The minimum absolute atomic E-state index is 0.268. The smallest absolute Gasteiger partial charge is 0.339 e. The Morgan fingerprint density at radius 2 is 2.10 bits per heavy atom. The maximum Gasteiger partial charge on any atom is 0.339 e. The Hall–Kier alpha value is -1.58. The number of hydrogen-bond acceptors (Lipinski definition) is 3. The number of esters is 1. The van der Waals surface area contributed by atoms with E-state index in [1.165, 1.54) is 31.7 Å². The number of carbonyl (C=O) groups is 1. The first-order chi connectivity index (χ1) is 9.52. The summed E-state index contributed by atoms with van der Waals surface area (Å²) >= 11 is 0. The van der Waals surface area contributed by atoms with Crippen molar-refractivity contribution in [2.75, 3.05) is 12.4 Å². The molecule has 110 valence electrons. The molecule has 0 saturated heterocycles. The Bertz CT molecular complexity index is 489. The van der Waals surface area contributed by atoms with Crippen LogP contribution in [0.15, 0.2) is 18.2 Å². The van der Waals surface area contributed by atoms with Gasteiger partial charge in [-0.3, -0.25) is 0 Å². The molecule has 0 aliphatic heterocycles. The normalized spacial score (nSPS) is 26.1. The van der Waals surface area contributed by atoms with Crippen LogP contribution >= 0.6 is 0 Å². The van der Waals surface area contributed by atoms with Crippen molar-refractivity contribution < 1.29 is 13.9 Å². The van der Waals surface area contributed by atoms with Gasteiger partial charge >= 0.3 is 5.97 Å². The highest BCUT2D eigenvalue weighted by Crippen LogP contribution is 2.32. The first-order valence-corrected chi connectivity index (χ1v) is 7.17. The summed E-state index contributed by atoms with van der Waals surface area (Å²) in [6, 6.07) is 4.40. The molecule has 4 heteroatoms. The number of ether oxygens (including phenoxy) is 1. The standard InChI is InChI=1S/C16H22FNO2/c1-10-5-4-6-14(11(10)2)18-15-9-12(17)7-8-13(15)16(19)20-3/h7-11,14,18H,4-6H2,1-3H3. The van der Waals surface area contributed by atoms with Gasteiger partial charge < -0.3 is 10.1 Å². The quantitative estimate of drug-likeness (QED) is 0.854. The summed E-state index contributed by atoms with van der Waals surface area (Å²) in [5, 5.41) is 3.34. The van der Waals surface area contributed by atoms with Gasteiger partial charge in [0.05, 0.1) is 18.4 Å². The second-order valence-electron chi connectivity index (χ2n) is 5.70. The van der Waals surface area contributed by atoms with Crippen molar-refractivity contribution in [2.24, 2.45) is 11.8 Å². The van der Waals surface area contributed by atoms with Crippen molar-refractivity contribution in [1.82, 2.24) is 0 Å². The van der Waals surface area contributed by atoms with Crippen LogP contribution in [-0.4, -0.2) is 19.1 Å². The maximum atomic E-state index is 13.5. The molecule has 20 heavy (non-hydrogen) atoms. The van der Waals surface area contributed by atoms with Crippen molar-refractivity contribution in [3.05, 3.63) is 29.6 Å². The zero-order valence-electron chi connectivity index (χ0n) is 12.3. The van der Waals surface area contributed by atoms with Crippen LogP contribution in [0.1, 0.15) is 43.5 Å². The van der Waals surface area contributed by atoms with Gasteiger partial charge in [0.25, 0.3) is 0 Å². The highest BCUT2D eigenvalue weighted by Gasteiger charge is 2.28. The van der Waals surface area contributed by atoms with E-state index >= 15 is 0 Å². The van der Waals surface area contributed by atoms with E-state index in [2.05, 4.69) is 19.2 Å². The van der Waals surface area contributed by atoms with Crippen LogP contribution in [0.5, 0.6) is 0 Å². The van der Waals surface area contributed by atoms with Crippen molar-refractivity contribution in [3.8, 4) is 0 Å². The van der Waals surface area contributed by atoms with Crippen molar-refractivity contribution >= 4 is 11.7 Å². The van der Waals surface area contributed by atoms with Crippen LogP contribution < -0.4 is 5.32 Å². The van der Waals surface area contributed by atoms with Gasteiger partial charge in [0.1, 0.15) is 5.82 Å². The molecule has 0 heterocycles. The molecule has 3 atom stereocenters. The van der Waals surface area contributed by atoms with Gasteiger partial charge in [-0.15, -0.1) is 0 Å². The molecule has 1 saturated carbocycles. The summed E-state index contributed by atoms with van der Waals surface area (Å²) in [7, 11) is 1.33. The number of methoxy groups -OCH3 is 1. The lowest BCUT2D eigenvalue weighted by atomic mass is 9.78. The lowest BCUT2D eigenvalue weighted by Crippen LogP contribution is -2.35. The molecule has 1 aromatic carbocycles. The third kappa shape index (κ3) is 3.11. The average Bonchev–Trinajstić information content (AvgIpc) is 2.43. The molecular weight excluding hydrogens is 257 g/mol. The minimum atomic E-state index is -0.441. The Balaban J connectivity index is 2.23. The van der Waals surface area contributed by atoms with Gasteiger partial charge in [0.15, 0.2) is 0 Å². The Morgan fingerprint density at radius 1 is 1.35 bits per heavy atom. The van der Waals surface area contributed by atoms with Crippen molar-refractivity contribution in [2.45, 2.75) is 39.2 Å². The molecule has 0 aromatic heterocycles. The first-order valence-electron chi connectivity index (χ1n) is 7.17. The Morgan fingerprint density at radius 3 is 2.80 bits per heavy atom. The van der Waals surface area contributed by atoms with Crippen molar-refractivity contribution in [3.63, 3.8) is 0 Å². The molecule has 3 unspecified atom stereocenters. The first kappa shape index (κ1) is 14.8. The third-order valence-electron chi connectivity index (χ3n) is 4.43. The van der Waals surface area contributed by atoms with E-state index in [0.29, 0.717) is 23.1 Å².